The van der Waals surface area contributed by atoms with Gasteiger partial charge in [-0.2, -0.15) is 0 Å². The van der Waals surface area contributed by atoms with E-state index in [0.717, 1.165) is 34.6 Å². The monoisotopic (exact) mass is 379 g/mol. The molecule has 1 unspecified atom stereocenters. The van der Waals surface area contributed by atoms with Crippen molar-refractivity contribution < 1.29 is 9.59 Å². The molecule has 3 heterocycles. The van der Waals surface area contributed by atoms with Crippen molar-refractivity contribution in [2.24, 2.45) is 0 Å². The van der Waals surface area contributed by atoms with Gasteiger partial charge < -0.3 is 4.98 Å². The van der Waals surface area contributed by atoms with Crippen LogP contribution in [-0.4, -0.2) is 34.3 Å². The third kappa shape index (κ3) is 2.66. The number of nitrogens with zero attached hydrogens (tertiary/aromatic N) is 2. The van der Waals surface area contributed by atoms with Crippen LogP contribution in [-0.2, 0) is 22.6 Å². The van der Waals surface area contributed by atoms with Gasteiger partial charge in [0.2, 0.25) is 5.91 Å². The molecule has 1 N–H and O–H groups in total. The largest absolute Gasteiger partial charge is 0.357 e. The van der Waals surface area contributed by atoms with Crippen molar-refractivity contribution in [1.29, 1.82) is 0 Å². The number of nitrogens with one attached hydrogen (secondary N) is 1. The number of carbonyl (C=O) groups excluding carboxylic acids is 2. The normalized spacial score (nSPS) is 20.5. The summed E-state index contributed by atoms with van der Waals surface area (Å²) in [6, 6.07) is 14.6. The van der Waals surface area contributed by atoms with Crippen LogP contribution in [0.25, 0.3) is 10.9 Å². The van der Waals surface area contributed by atoms with Gasteiger partial charge in [-0.1, -0.05) is 29.8 Å². The first-order valence-electron chi connectivity index (χ1n) is 9.07. The predicted molar refractivity (Wildman–Crippen MR) is 105 cm³/mol. The second-order valence-corrected chi connectivity index (χ2v) is 7.55. The van der Waals surface area contributed by atoms with E-state index in [9.17, 15) is 9.59 Å². The van der Waals surface area contributed by atoms with E-state index < -0.39 is 6.04 Å². The summed E-state index contributed by atoms with van der Waals surface area (Å²) in [5.41, 5.74) is 4.08. The Hall–Kier alpha value is -2.63. The number of hydrogen-bond donors (Lipinski definition) is 1. The summed E-state index contributed by atoms with van der Waals surface area (Å²) >= 11 is 6.15. The van der Waals surface area contributed by atoms with E-state index in [1.807, 2.05) is 36.4 Å². The number of aromatic amines is 1. The van der Waals surface area contributed by atoms with E-state index >= 15 is 0 Å². The molecule has 1 aromatic heterocycles. The molecule has 1 fully saturated rings. The van der Waals surface area contributed by atoms with Crippen LogP contribution in [0.5, 0.6) is 0 Å². The van der Waals surface area contributed by atoms with Crippen LogP contribution in [0.3, 0.4) is 0 Å². The Bertz CT molecular complexity index is 1060. The van der Waals surface area contributed by atoms with Crippen LogP contribution in [0.4, 0.5) is 5.69 Å². The maximum Gasteiger partial charge on any atom is 0.251 e. The van der Waals surface area contributed by atoms with E-state index in [4.69, 9.17) is 11.6 Å². The van der Waals surface area contributed by atoms with E-state index in [-0.39, 0.29) is 18.2 Å². The third-order valence-electron chi connectivity index (χ3n) is 5.54. The lowest BCUT2D eigenvalue weighted by Gasteiger charge is -2.30. The number of amides is 2. The highest BCUT2D eigenvalue weighted by molar-refractivity contribution is 6.31. The summed E-state index contributed by atoms with van der Waals surface area (Å²) in [6.45, 7) is 1.38. The van der Waals surface area contributed by atoms with Gasteiger partial charge >= 0.3 is 0 Å². The van der Waals surface area contributed by atoms with E-state index in [1.54, 1.807) is 12.1 Å². The molecule has 5 rings (SSSR count). The average molecular weight is 380 g/mol. The van der Waals surface area contributed by atoms with E-state index in [1.165, 1.54) is 10.5 Å². The topological polar surface area (TPSA) is 56.4 Å². The molecule has 136 valence electrons. The molecular weight excluding hydrogens is 362 g/mol. The number of para-hydroxylation sites is 1. The molecule has 0 bridgehead atoms. The summed E-state index contributed by atoms with van der Waals surface area (Å²) in [4.78, 5) is 32.4. The molecule has 2 aliphatic heterocycles. The van der Waals surface area contributed by atoms with Gasteiger partial charge in [-0.05, 0) is 42.3 Å². The number of fused-ring (bicyclic) bond motifs is 3. The zero-order valence-corrected chi connectivity index (χ0v) is 15.4. The number of imide groups is 1. The van der Waals surface area contributed by atoms with Crippen molar-refractivity contribution in [1.82, 2.24) is 9.88 Å². The second-order valence-electron chi connectivity index (χ2n) is 7.12. The first-order chi connectivity index (χ1) is 13.1. The standard InChI is InChI=1S/C21H18ClN3O2/c22-13-6-7-17-16(10-13)15-8-9-24(12-18(15)23-17)19-11-20(26)25(21(19)27)14-4-2-1-3-5-14/h1-7,10,19,23H,8-9,11-12H2. The molecule has 27 heavy (non-hydrogen) atoms. The predicted octanol–water partition coefficient (Wildman–Crippen LogP) is 3.51. The maximum absolute atomic E-state index is 13.0. The number of rotatable bonds is 2. The molecule has 2 aromatic carbocycles. The Labute approximate surface area is 161 Å². The van der Waals surface area contributed by atoms with Crippen LogP contribution in [0.2, 0.25) is 5.02 Å². The Morgan fingerprint density at radius 3 is 2.70 bits per heavy atom. The number of aromatic nitrogens is 1. The highest BCUT2D eigenvalue weighted by Gasteiger charge is 2.43. The quantitative estimate of drug-likeness (QED) is 0.693. The van der Waals surface area contributed by atoms with Crippen molar-refractivity contribution in [3.63, 3.8) is 0 Å². The first kappa shape index (κ1) is 16.5. The van der Waals surface area contributed by atoms with Gasteiger partial charge in [0.15, 0.2) is 0 Å². The fourth-order valence-electron chi connectivity index (χ4n) is 4.25. The molecule has 0 saturated carbocycles. The molecule has 2 amide bonds. The van der Waals surface area contributed by atoms with Gasteiger partial charge in [-0.15, -0.1) is 0 Å². The number of hydrogen-bond acceptors (Lipinski definition) is 3. The van der Waals surface area contributed by atoms with Crippen molar-refractivity contribution in [2.45, 2.75) is 25.4 Å². The lowest BCUT2D eigenvalue weighted by atomic mass is 10.0. The zero-order valence-electron chi connectivity index (χ0n) is 14.6. The van der Waals surface area contributed by atoms with Crippen molar-refractivity contribution in [2.75, 3.05) is 11.4 Å². The fourth-order valence-corrected chi connectivity index (χ4v) is 4.42. The SMILES string of the molecule is O=C1CC(N2CCc3c([nH]c4ccc(Cl)cc34)C2)C(=O)N1c1ccccc1. The molecule has 6 heteroatoms. The minimum Gasteiger partial charge on any atom is -0.357 e. The van der Waals surface area contributed by atoms with Crippen LogP contribution >= 0.6 is 11.6 Å². The number of carbonyl (C=O) groups is 2. The zero-order chi connectivity index (χ0) is 18.5. The summed E-state index contributed by atoms with van der Waals surface area (Å²) in [5, 5.41) is 1.87. The summed E-state index contributed by atoms with van der Waals surface area (Å²) < 4.78 is 0. The second kappa shape index (κ2) is 6.22. The highest BCUT2D eigenvalue weighted by atomic mass is 35.5. The fraction of sp³-hybridized carbons (Fsp3) is 0.238. The van der Waals surface area contributed by atoms with Crippen LogP contribution in [0, 0.1) is 0 Å². The Morgan fingerprint density at radius 1 is 1.07 bits per heavy atom. The minimum absolute atomic E-state index is 0.131. The van der Waals surface area contributed by atoms with Gasteiger partial charge in [-0.25, -0.2) is 4.90 Å². The smallest absolute Gasteiger partial charge is 0.251 e. The third-order valence-corrected chi connectivity index (χ3v) is 5.78. The molecule has 1 atom stereocenters. The molecular formula is C21H18ClN3O2. The van der Waals surface area contributed by atoms with Gasteiger partial charge in [0.25, 0.3) is 5.91 Å². The maximum atomic E-state index is 13.0. The first-order valence-corrected chi connectivity index (χ1v) is 9.44. The number of anilines is 1. The van der Waals surface area contributed by atoms with Gasteiger partial charge in [0.1, 0.15) is 0 Å². The molecule has 3 aromatic rings. The van der Waals surface area contributed by atoms with Crippen LogP contribution in [0.15, 0.2) is 48.5 Å². The Balaban J connectivity index is 1.43. The van der Waals surface area contributed by atoms with Crippen molar-refractivity contribution in [3.05, 3.63) is 64.8 Å². The highest BCUT2D eigenvalue weighted by Crippen LogP contribution is 2.33. The molecule has 0 aliphatic carbocycles. The van der Waals surface area contributed by atoms with Gasteiger partial charge in [0, 0.05) is 34.7 Å². The van der Waals surface area contributed by atoms with Crippen molar-refractivity contribution in [3.8, 4) is 0 Å². The Kier molecular flexibility index (Phi) is 3.81. The molecule has 0 radical (unpaired) electrons. The molecule has 0 spiro atoms. The lowest BCUT2D eigenvalue weighted by molar-refractivity contribution is -0.123. The average Bonchev–Trinajstić information content (AvgIpc) is 3.18. The molecule has 2 aliphatic rings. The van der Waals surface area contributed by atoms with E-state index in [2.05, 4.69) is 9.88 Å². The van der Waals surface area contributed by atoms with Crippen LogP contribution in [0.1, 0.15) is 17.7 Å². The Morgan fingerprint density at radius 2 is 1.89 bits per heavy atom. The van der Waals surface area contributed by atoms with Gasteiger partial charge in [0.05, 0.1) is 18.2 Å². The van der Waals surface area contributed by atoms with Crippen LogP contribution < -0.4 is 4.90 Å². The lowest BCUT2D eigenvalue weighted by Crippen LogP contribution is -2.44. The molecule has 5 nitrogen and oxygen atoms in total. The number of benzene rings is 2. The van der Waals surface area contributed by atoms with Crippen molar-refractivity contribution >= 4 is 40.0 Å². The summed E-state index contributed by atoms with van der Waals surface area (Å²) in [7, 11) is 0. The minimum atomic E-state index is -0.402. The van der Waals surface area contributed by atoms with E-state index in [0.29, 0.717) is 12.2 Å². The van der Waals surface area contributed by atoms with Gasteiger partial charge in [-0.3, -0.25) is 14.5 Å². The molecule has 1 saturated heterocycles. The number of H-pyrrole nitrogens is 1. The summed E-state index contributed by atoms with van der Waals surface area (Å²) in [5.74, 6) is -0.265. The number of halogens is 1. The summed E-state index contributed by atoms with van der Waals surface area (Å²) in [6.07, 6.45) is 1.06.